The van der Waals surface area contributed by atoms with Crippen LogP contribution in [0.1, 0.15) is 16.1 Å². The van der Waals surface area contributed by atoms with Crippen molar-refractivity contribution in [1.29, 1.82) is 0 Å². The van der Waals surface area contributed by atoms with E-state index in [9.17, 15) is 9.59 Å². The van der Waals surface area contributed by atoms with Crippen molar-refractivity contribution in [3.8, 4) is 11.6 Å². The number of aromatic nitrogens is 3. The number of fused-ring (bicyclic) bond motifs is 1. The zero-order valence-corrected chi connectivity index (χ0v) is 14.8. The summed E-state index contributed by atoms with van der Waals surface area (Å²) in [5, 5.41) is 9.80. The highest BCUT2D eigenvalue weighted by Gasteiger charge is 2.15. The molecule has 2 heterocycles. The summed E-state index contributed by atoms with van der Waals surface area (Å²) >= 11 is 0. The highest BCUT2D eigenvalue weighted by molar-refractivity contribution is 5.95. The molecule has 0 aliphatic heterocycles. The third kappa shape index (κ3) is 3.59. The van der Waals surface area contributed by atoms with Crippen LogP contribution in [0.4, 0.5) is 0 Å². The zero-order valence-electron chi connectivity index (χ0n) is 14.8. The zero-order chi connectivity index (χ0) is 19.3. The minimum absolute atomic E-state index is 0.176. The summed E-state index contributed by atoms with van der Waals surface area (Å²) in [6.07, 6.45) is 1.64. The number of nitrogens with one attached hydrogen (secondary N) is 2. The fourth-order valence-electron chi connectivity index (χ4n) is 2.76. The van der Waals surface area contributed by atoms with Crippen molar-refractivity contribution >= 4 is 16.8 Å². The van der Waals surface area contributed by atoms with Gasteiger partial charge in [0.2, 0.25) is 11.3 Å². The summed E-state index contributed by atoms with van der Waals surface area (Å²) < 4.78 is 5.78. The molecule has 0 fully saturated rings. The molecule has 28 heavy (non-hydrogen) atoms. The summed E-state index contributed by atoms with van der Waals surface area (Å²) in [5.41, 5.74) is 0.739. The van der Waals surface area contributed by atoms with Crippen LogP contribution >= 0.6 is 0 Å². The van der Waals surface area contributed by atoms with E-state index < -0.39 is 11.3 Å². The molecule has 0 saturated heterocycles. The number of carbonyl (C=O) groups excluding carboxylic acids is 1. The number of hydrogen-bond donors (Lipinski definition) is 2. The van der Waals surface area contributed by atoms with Crippen LogP contribution in [0.2, 0.25) is 0 Å². The standard InChI is InChI=1S/C21H16N4O3/c26-20-15-8-2-3-9-16(15)24-25-19(20)21(27)23-13-14-7-1-4-10-17(14)28-18-11-5-6-12-22-18/h1-12H,13H2,(H,23,27)(H,24,26). The van der Waals surface area contributed by atoms with Gasteiger partial charge in [-0.3, -0.25) is 14.7 Å². The van der Waals surface area contributed by atoms with E-state index in [1.807, 2.05) is 24.3 Å². The number of H-pyrrole nitrogens is 1. The van der Waals surface area contributed by atoms with Crippen molar-refractivity contribution in [2.45, 2.75) is 6.54 Å². The van der Waals surface area contributed by atoms with Gasteiger partial charge in [0.1, 0.15) is 5.75 Å². The molecule has 7 nitrogen and oxygen atoms in total. The van der Waals surface area contributed by atoms with E-state index in [-0.39, 0.29) is 12.2 Å². The average molecular weight is 372 g/mol. The van der Waals surface area contributed by atoms with Crippen LogP contribution in [0.25, 0.3) is 10.9 Å². The maximum absolute atomic E-state index is 12.5. The van der Waals surface area contributed by atoms with Crippen molar-refractivity contribution in [2.75, 3.05) is 0 Å². The number of hydrogen-bond acceptors (Lipinski definition) is 5. The molecule has 2 aromatic heterocycles. The minimum atomic E-state index is -0.556. The fraction of sp³-hybridized carbons (Fsp3) is 0.0476. The molecular formula is C21H16N4O3. The second-order valence-electron chi connectivity index (χ2n) is 6.01. The van der Waals surface area contributed by atoms with E-state index in [1.54, 1.807) is 48.7 Å². The lowest BCUT2D eigenvalue weighted by atomic mass is 10.2. The molecule has 0 aliphatic rings. The van der Waals surface area contributed by atoms with Crippen LogP contribution in [0.5, 0.6) is 11.6 Å². The van der Waals surface area contributed by atoms with E-state index in [0.717, 1.165) is 5.56 Å². The van der Waals surface area contributed by atoms with E-state index in [2.05, 4.69) is 20.5 Å². The molecule has 138 valence electrons. The third-order valence-corrected chi connectivity index (χ3v) is 4.15. The first-order chi connectivity index (χ1) is 13.7. The number of carbonyl (C=O) groups is 1. The van der Waals surface area contributed by atoms with Gasteiger partial charge in [0.25, 0.3) is 5.91 Å². The smallest absolute Gasteiger partial charge is 0.276 e. The van der Waals surface area contributed by atoms with Gasteiger partial charge in [-0.2, -0.15) is 5.10 Å². The van der Waals surface area contributed by atoms with E-state index in [0.29, 0.717) is 22.5 Å². The number of para-hydroxylation sites is 2. The quantitative estimate of drug-likeness (QED) is 0.561. The van der Waals surface area contributed by atoms with Gasteiger partial charge in [0.15, 0.2) is 5.69 Å². The van der Waals surface area contributed by atoms with Crippen LogP contribution in [0.3, 0.4) is 0 Å². The molecule has 2 N–H and O–H groups in total. The topological polar surface area (TPSA) is 97.0 Å². The minimum Gasteiger partial charge on any atom is -0.439 e. The average Bonchev–Trinajstić information content (AvgIpc) is 2.74. The predicted molar refractivity (Wildman–Crippen MR) is 104 cm³/mol. The number of aromatic amines is 1. The highest BCUT2D eigenvalue weighted by Crippen LogP contribution is 2.23. The van der Waals surface area contributed by atoms with Crippen molar-refractivity contribution in [1.82, 2.24) is 20.5 Å². The Bertz CT molecular complexity index is 1190. The SMILES string of the molecule is O=C(NCc1ccccc1Oc1ccccn1)c1n[nH]c2ccccc2c1=O. The highest BCUT2D eigenvalue weighted by atomic mass is 16.5. The van der Waals surface area contributed by atoms with Crippen LogP contribution in [0.15, 0.2) is 77.7 Å². The number of rotatable bonds is 5. The summed E-state index contributed by atoms with van der Waals surface area (Å²) in [6, 6.07) is 19.6. The van der Waals surface area contributed by atoms with Gasteiger partial charge in [-0.15, -0.1) is 0 Å². The summed E-state index contributed by atoms with van der Waals surface area (Å²) in [5.74, 6) is 0.468. The van der Waals surface area contributed by atoms with E-state index in [4.69, 9.17) is 4.74 Å². The van der Waals surface area contributed by atoms with Gasteiger partial charge < -0.3 is 10.1 Å². The van der Waals surface area contributed by atoms with Gasteiger partial charge >= 0.3 is 0 Å². The Morgan fingerprint density at radius 2 is 1.79 bits per heavy atom. The lowest BCUT2D eigenvalue weighted by Crippen LogP contribution is -2.30. The number of nitrogens with zero attached hydrogens (tertiary/aromatic N) is 2. The van der Waals surface area contributed by atoms with Crippen LogP contribution in [0, 0.1) is 0 Å². The molecular weight excluding hydrogens is 356 g/mol. The normalized spacial score (nSPS) is 10.6. The van der Waals surface area contributed by atoms with Crippen molar-refractivity contribution in [2.24, 2.45) is 0 Å². The Kier molecular flexibility index (Phi) is 4.79. The lowest BCUT2D eigenvalue weighted by Gasteiger charge is -2.11. The van der Waals surface area contributed by atoms with Crippen LogP contribution in [-0.2, 0) is 6.54 Å². The molecule has 1 amide bonds. The second kappa shape index (κ2) is 7.71. The molecule has 2 aromatic carbocycles. The first kappa shape index (κ1) is 17.4. The largest absolute Gasteiger partial charge is 0.439 e. The summed E-state index contributed by atoms with van der Waals surface area (Å²) in [7, 11) is 0. The van der Waals surface area contributed by atoms with Crippen molar-refractivity contribution in [3.63, 3.8) is 0 Å². The maximum atomic E-state index is 12.5. The Balaban J connectivity index is 1.53. The van der Waals surface area contributed by atoms with E-state index >= 15 is 0 Å². The van der Waals surface area contributed by atoms with Gasteiger partial charge in [-0.25, -0.2) is 4.98 Å². The Morgan fingerprint density at radius 3 is 2.64 bits per heavy atom. The Hall–Kier alpha value is -4.00. The van der Waals surface area contributed by atoms with Crippen LogP contribution < -0.4 is 15.5 Å². The van der Waals surface area contributed by atoms with E-state index in [1.165, 1.54) is 0 Å². The maximum Gasteiger partial charge on any atom is 0.276 e. The van der Waals surface area contributed by atoms with Crippen molar-refractivity contribution < 1.29 is 9.53 Å². The van der Waals surface area contributed by atoms with Crippen molar-refractivity contribution in [3.05, 3.63) is 94.4 Å². The molecule has 0 bridgehead atoms. The second-order valence-corrected chi connectivity index (χ2v) is 6.01. The first-order valence-electron chi connectivity index (χ1n) is 8.65. The number of pyridine rings is 1. The molecule has 0 unspecified atom stereocenters. The molecule has 0 radical (unpaired) electrons. The lowest BCUT2D eigenvalue weighted by molar-refractivity contribution is 0.0944. The monoisotopic (exact) mass is 372 g/mol. The molecule has 0 saturated carbocycles. The number of benzene rings is 2. The van der Waals surface area contributed by atoms with Gasteiger partial charge in [-0.05, 0) is 24.3 Å². The fourth-order valence-corrected chi connectivity index (χ4v) is 2.76. The first-order valence-corrected chi connectivity index (χ1v) is 8.65. The molecule has 7 heteroatoms. The number of amides is 1. The molecule has 4 rings (SSSR count). The van der Waals surface area contributed by atoms with Gasteiger partial charge in [-0.1, -0.05) is 36.4 Å². The van der Waals surface area contributed by atoms with Gasteiger partial charge in [0.05, 0.1) is 5.52 Å². The summed E-state index contributed by atoms with van der Waals surface area (Å²) in [6.45, 7) is 0.176. The predicted octanol–water partition coefficient (Wildman–Crippen LogP) is 3.04. The number of ether oxygens (including phenoxy) is 1. The Morgan fingerprint density at radius 1 is 1.00 bits per heavy atom. The molecule has 0 aliphatic carbocycles. The molecule has 0 atom stereocenters. The van der Waals surface area contributed by atoms with Crippen LogP contribution in [-0.4, -0.2) is 21.1 Å². The summed E-state index contributed by atoms with van der Waals surface area (Å²) in [4.78, 5) is 29.2. The molecule has 0 spiro atoms. The van der Waals surface area contributed by atoms with Gasteiger partial charge in [0, 0.05) is 29.8 Å². The Labute approximate surface area is 160 Å². The molecule has 4 aromatic rings. The third-order valence-electron chi connectivity index (χ3n) is 4.15.